The lowest BCUT2D eigenvalue weighted by Crippen LogP contribution is -2.51. The van der Waals surface area contributed by atoms with Gasteiger partial charge in [-0.05, 0) is 24.6 Å². The number of sulfonamides is 1. The number of hydrogen-bond acceptors (Lipinski definition) is 3. The Morgan fingerprint density at radius 1 is 1.10 bits per heavy atom. The number of hydrogen-bond donors (Lipinski definition) is 1. The molecule has 0 unspecified atom stereocenters. The fraction of sp³-hybridized carbons (Fsp3) is 0.273. The van der Waals surface area contributed by atoms with Crippen molar-refractivity contribution in [3.05, 3.63) is 78.1 Å². The van der Waals surface area contributed by atoms with E-state index in [1.807, 2.05) is 63.7 Å². The van der Waals surface area contributed by atoms with Crippen molar-refractivity contribution < 1.29 is 13.0 Å². The molecule has 2 atom stereocenters. The fourth-order valence-electron chi connectivity index (χ4n) is 4.76. The zero-order valence-electron chi connectivity index (χ0n) is 17.8. The maximum Gasteiger partial charge on any atom is 0.265 e. The van der Waals surface area contributed by atoms with Crippen LogP contribution in [0, 0.1) is 12.3 Å². The highest BCUT2D eigenvalue weighted by Crippen LogP contribution is 2.40. The molecule has 6 nitrogen and oxygen atoms in total. The number of aryl methyl sites for hydroxylation is 3. The number of imidazole rings is 1. The summed E-state index contributed by atoms with van der Waals surface area (Å²) in [5, 5.41) is 8.87. The Balaban J connectivity index is 1.74. The Bertz CT molecular complexity index is 1150. The largest absolute Gasteiger partial charge is 0.287 e. The van der Waals surface area contributed by atoms with Gasteiger partial charge in [0.15, 0.2) is 0 Å². The molecule has 1 aromatic heterocycles. The second kappa shape index (κ2) is 7.76. The molecule has 2 heterocycles. The molecule has 1 aliphatic rings. The molecule has 0 radical (unpaired) electrons. The number of amidine groups is 1. The smallest absolute Gasteiger partial charge is 0.265 e. The Labute approximate surface area is 178 Å². The molecule has 3 aromatic rings. The highest BCUT2D eigenvalue weighted by atomic mass is 32.2. The minimum absolute atomic E-state index is 0.0972. The molecule has 0 saturated carbocycles. The molecule has 1 saturated heterocycles. The molecule has 156 valence electrons. The van der Waals surface area contributed by atoms with Crippen molar-refractivity contribution in [3.63, 3.8) is 0 Å². The van der Waals surface area contributed by atoms with E-state index in [-0.39, 0.29) is 22.5 Å². The van der Waals surface area contributed by atoms with E-state index in [1.165, 1.54) is 10.0 Å². The van der Waals surface area contributed by atoms with Crippen LogP contribution < -0.4 is 10.3 Å². The van der Waals surface area contributed by atoms with E-state index in [0.29, 0.717) is 6.54 Å². The Hall–Kier alpha value is -2.87. The monoisotopic (exact) mass is 422 g/mol. The number of nitrogens with zero attached hydrogens (tertiary/aromatic N) is 3. The summed E-state index contributed by atoms with van der Waals surface area (Å²) in [6.07, 6.45) is 4.05. The van der Waals surface area contributed by atoms with Crippen LogP contribution in [0.3, 0.4) is 0 Å². The average Bonchev–Trinajstić information content (AvgIpc) is 3.23. The van der Waals surface area contributed by atoms with Gasteiger partial charge in [-0.3, -0.25) is 18.8 Å². The zero-order chi connectivity index (χ0) is 21.5. The van der Waals surface area contributed by atoms with Crippen molar-refractivity contribution in [2.75, 3.05) is 6.54 Å². The Morgan fingerprint density at radius 3 is 2.37 bits per heavy atom. The maximum absolute atomic E-state index is 13.4. The van der Waals surface area contributed by atoms with Gasteiger partial charge in [0.05, 0.1) is 32.0 Å². The number of benzene rings is 2. The summed E-state index contributed by atoms with van der Waals surface area (Å²) in [5.74, 6) is 0.0497. The van der Waals surface area contributed by atoms with Crippen LogP contribution in [-0.2, 0) is 24.1 Å². The SMILES string of the molecule is Cc1ccc(S(=O)(=O)N2C[C@H]([BH2-]c3n(C)cc[n+]3C)[C@@H](c3ccccc3)C2=N)cc1. The highest BCUT2D eigenvalue weighted by molar-refractivity contribution is 7.89. The summed E-state index contributed by atoms with van der Waals surface area (Å²) < 4.78 is 32.4. The second-order valence-corrected chi connectivity index (χ2v) is 10.3. The molecule has 0 aliphatic carbocycles. The van der Waals surface area contributed by atoms with Gasteiger partial charge in [0.1, 0.15) is 18.2 Å². The molecule has 1 aliphatic heterocycles. The van der Waals surface area contributed by atoms with Crippen LogP contribution >= 0.6 is 0 Å². The van der Waals surface area contributed by atoms with Gasteiger partial charge >= 0.3 is 0 Å². The summed E-state index contributed by atoms with van der Waals surface area (Å²) in [6, 6.07) is 16.8. The third kappa shape index (κ3) is 3.56. The van der Waals surface area contributed by atoms with Gasteiger partial charge in [-0.2, -0.15) is 0 Å². The molecular weight excluding hydrogens is 395 g/mol. The molecule has 0 amide bonds. The van der Waals surface area contributed by atoms with Gasteiger partial charge in [-0.15, -0.1) is 5.82 Å². The summed E-state index contributed by atoms with van der Waals surface area (Å²) >= 11 is 0. The minimum atomic E-state index is -3.76. The predicted molar refractivity (Wildman–Crippen MR) is 120 cm³/mol. The molecule has 1 fully saturated rings. The minimum Gasteiger partial charge on any atom is -0.287 e. The first-order valence-corrected chi connectivity index (χ1v) is 11.8. The molecule has 30 heavy (non-hydrogen) atoms. The molecule has 2 aromatic carbocycles. The third-order valence-electron chi connectivity index (χ3n) is 6.52. The second-order valence-electron chi connectivity index (χ2n) is 8.46. The molecule has 0 spiro atoms. The van der Waals surface area contributed by atoms with E-state index in [1.54, 1.807) is 24.3 Å². The standard InChI is InChI=1S/C22H27BN4O2S/c1-16-9-11-18(12-10-16)30(28,29)27-15-19(23-22-25(2)13-14-26(22)3)20(21(27)24)17-7-5-4-6-8-17/h4-14,19-20,24H,15,23H2,1-3H3/t19-,20+/m0/s1. The molecular formula is C22H27BN4O2S. The first-order chi connectivity index (χ1) is 14.3. The quantitative estimate of drug-likeness (QED) is 0.496. The number of nitrogens with one attached hydrogen (secondary N) is 1. The summed E-state index contributed by atoms with van der Waals surface area (Å²) in [6.45, 7) is 2.28. The van der Waals surface area contributed by atoms with Crippen LogP contribution in [0.1, 0.15) is 17.0 Å². The van der Waals surface area contributed by atoms with Crippen LogP contribution in [0.25, 0.3) is 0 Å². The topological polar surface area (TPSA) is 70.0 Å². The van der Waals surface area contributed by atoms with Crippen molar-refractivity contribution >= 4 is 28.9 Å². The zero-order valence-corrected chi connectivity index (χ0v) is 18.6. The van der Waals surface area contributed by atoms with Gasteiger partial charge in [0.25, 0.3) is 10.0 Å². The van der Waals surface area contributed by atoms with E-state index < -0.39 is 17.3 Å². The first-order valence-electron chi connectivity index (χ1n) is 10.3. The lowest BCUT2D eigenvalue weighted by Gasteiger charge is -2.21. The number of aromatic nitrogens is 2. The van der Waals surface area contributed by atoms with Crippen LogP contribution in [0.4, 0.5) is 0 Å². The Kier molecular flexibility index (Phi) is 5.28. The summed E-state index contributed by atoms with van der Waals surface area (Å²) in [7, 11) is -0.427. The van der Waals surface area contributed by atoms with Crippen molar-refractivity contribution in [2.45, 2.75) is 23.6 Å². The van der Waals surface area contributed by atoms with E-state index in [4.69, 9.17) is 5.41 Å². The van der Waals surface area contributed by atoms with E-state index in [0.717, 1.165) is 11.1 Å². The highest BCUT2D eigenvalue weighted by Gasteiger charge is 2.42. The van der Waals surface area contributed by atoms with Crippen LogP contribution in [0.15, 0.2) is 71.9 Å². The van der Waals surface area contributed by atoms with E-state index >= 15 is 0 Å². The van der Waals surface area contributed by atoms with E-state index in [2.05, 4.69) is 9.13 Å². The fourth-order valence-corrected chi connectivity index (χ4v) is 6.30. The van der Waals surface area contributed by atoms with Crippen LogP contribution in [-0.4, -0.2) is 37.0 Å². The molecule has 4 rings (SSSR count). The van der Waals surface area contributed by atoms with E-state index in [9.17, 15) is 8.42 Å². The Morgan fingerprint density at radius 2 is 1.77 bits per heavy atom. The molecule has 1 N–H and O–H groups in total. The maximum atomic E-state index is 13.4. The van der Waals surface area contributed by atoms with Crippen LogP contribution in [0.5, 0.6) is 0 Å². The summed E-state index contributed by atoms with van der Waals surface area (Å²) in [4.78, 5) is 0.245. The van der Waals surface area contributed by atoms with Crippen molar-refractivity contribution in [3.8, 4) is 0 Å². The van der Waals surface area contributed by atoms with Gasteiger partial charge in [-0.1, -0.05) is 48.0 Å². The predicted octanol–water partition coefficient (Wildman–Crippen LogP) is 1.21. The van der Waals surface area contributed by atoms with Gasteiger partial charge in [0.2, 0.25) is 0 Å². The average molecular weight is 422 g/mol. The lowest BCUT2D eigenvalue weighted by molar-refractivity contribution is -0.653. The van der Waals surface area contributed by atoms with Crippen molar-refractivity contribution in [2.24, 2.45) is 14.1 Å². The normalized spacial score (nSPS) is 19.4. The number of rotatable bonds is 5. The molecule has 0 bridgehead atoms. The van der Waals surface area contributed by atoms with Crippen LogP contribution in [0.2, 0.25) is 5.82 Å². The van der Waals surface area contributed by atoms with Gasteiger partial charge < -0.3 is 0 Å². The first kappa shape index (κ1) is 20.4. The van der Waals surface area contributed by atoms with Gasteiger partial charge in [-0.25, -0.2) is 8.42 Å². The summed E-state index contributed by atoms with van der Waals surface area (Å²) in [5.41, 5.74) is 3.24. The molecule has 8 heteroatoms. The third-order valence-corrected chi connectivity index (χ3v) is 8.31. The lowest BCUT2D eigenvalue weighted by atomic mass is 9.58. The van der Waals surface area contributed by atoms with Gasteiger partial charge in [0, 0.05) is 12.5 Å². The van der Waals surface area contributed by atoms with Crippen molar-refractivity contribution in [1.29, 1.82) is 5.41 Å². The van der Waals surface area contributed by atoms with Crippen molar-refractivity contribution in [1.82, 2.24) is 8.87 Å².